The van der Waals surface area contributed by atoms with Gasteiger partial charge in [0, 0.05) is 12.6 Å². The van der Waals surface area contributed by atoms with Gasteiger partial charge in [0.2, 0.25) is 5.95 Å². The predicted molar refractivity (Wildman–Crippen MR) is 107 cm³/mol. The number of anilines is 2. The third-order valence-electron chi connectivity index (χ3n) is 5.53. The first-order valence-electron chi connectivity index (χ1n) is 9.71. The van der Waals surface area contributed by atoms with Crippen molar-refractivity contribution in [2.45, 2.75) is 31.7 Å². The molecule has 134 valence electrons. The molecule has 2 aliphatic rings. The molecule has 1 saturated heterocycles. The molecular weight excluding hydrogens is 322 g/mol. The summed E-state index contributed by atoms with van der Waals surface area (Å²) in [6, 6.07) is 15.5. The number of aromatic nitrogens is 2. The van der Waals surface area contributed by atoms with Gasteiger partial charge in [0.15, 0.2) is 0 Å². The minimum atomic E-state index is 0.472. The Morgan fingerprint density at radius 3 is 2.81 bits per heavy atom. The third-order valence-corrected chi connectivity index (χ3v) is 5.53. The highest BCUT2D eigenvalue weighted by Crippen LogP contribution is 2.34. The number of piperidine rings is 1. The van der Waals surface area contributed by atoms with Gasteiger partial charge in [-0.25, -0.2) is 4.98 Å². The van der Waals surface area contributed by atoms with Gasteiger partial charge in [0.25, 0.3) is 0 Å². The SMILES string of the molecule is c1cc2c(c(-n3c(NC4CCNCC4)nc4ccccc43)c1)NCCC2. The average molecular weight is 347 g/mol. The van der Waals surface area contributed by atoms with Crippen LogP contribution in [0.2, 0.25) is 0 Å². The summed E-state index contributed by atoms with van der Waals surface area (Å²) in [5, 5.41) is 10.8. The van der Waals surface area contributed by atoms with Crippen molar-refractivity contribution in [2.75, 3.05) is 30.3 Å². The maximum absolute atomic E-state index is 4.94. The maximum Gasteiger partial charge on any atom is 0.208 e. The van der Waals surface area contributed by atoms with E-state index in [1.807, 2.05) is 0 Å². The molecule has 0 amide bonds. The molecule has 5 rings (SSSR count). The summed E-state index contributed by atoms with van der Waals surface area (Å²) >= 11 is 0. The molecule has 2 aliphatic heterocycles. The standard InChI is InChI=1S/C21H25N5/c1-2-8-18-17(7-1)25-21(24-16-10-13-22-14-11-16)26(18)19-9-3-5-15-6-4-12-23-20(15)19/h1-3,5,7-9,16,22-23H,4,6,10-14H2,(H,24,25). The Labute approximate surface area is 153 Å². The van der Waals surface area contributed by atoms with E-state index >= 15 is 0 Å². The molecule has 1 aromatic heterocycles. The fourth-order valence-electron chi connectivity index (χ4n) is 4.19. The first-order chi connectivity index (χ1) is 12.9. The van der Waals surface area contributed by atoms with Gasteiger partial charge in [-0.2, -0.15) is 0 Å². The van der Waals surface area contributed by atoms with Crippen molar-refractivity contribution in [1.82, 2.24) is 14.9 Å². The number of aryl methyl sites for hydroxylation is 1. The summed E-state index contributed by atoms with van der Waals surface area (Å²) in [6.45, 7) is 3.17. The van der Waals surface area contributed by atoms with Crippen molar-refractivity contribution in [3.63, 3.8) is 0 Å². The molecule has 0 atom stereocenters. The van der Waals surface area contributed by atoms with E-state index in [0.29, 0.717) is 6.04 Å². The maximum atomic E-state index is 4.94. The van der Waals surface area contributed by atoms with Crippen LogP contribution in [0.15, 0.2) is 42.5 Å². The summed E-state index contributed by atoms with van der Waals surface area (Å²) in [5.41, 5.74) is 6.06. The van der Waals surface area contributed by atoms with E-state index in [1.165, 1.54) is 23.4 Å². The largest absolute Gasteiger partial charge is 0.383 e. The Bertz CT molecular complexity index is 923. The second-order valence-corrected chi connectivity index (χ2v) is 7.27. The van der Waals surface area contributed by atoms with Crippen molar-refractivity contribution in [3.8, 4) is 5.69 Å². The summed E-state index contributed by atoms with van der Waals surface area (Å²) in [6.07, 6.45) is 4.60. The molecule has 0 bridgehead atoms. The van der Waals surface area contributed by atoms with Crippen LogP contribution in [0.3, 0.4) is 0 Å². The zero-order valence-corrected chi connectivity index (χ0v) is 15.0. The zero-order chi connectivity index (χ0) is 17.3. The summed E-state index contributed by atoms with van der Waals surface area (Å²) in [5.74, 6) is 0.957. The Hall–Kier alpha value is -2.53. The number of nitrogens with zero attached hydrogens (tertiary/aromatic N) is 2. The molecule has 0 unspecified atom stereocenters. The van der Waals surface area contributed by atoms with E-state index in [-0.39, 0.29) is 0 Å². The lowest BCUT2D eigenvalue weighted by Gasteiger charge is -2.26. The molecule has 1 fully saturated rings. The lowest BCUT2D eigenvalue weighted by Crippen LogP contribution is -2.36. The molecule has 3 aromatic rings. The van der Waals surface area contributed by atoms with Crippen LogP contribution in [0.5, 0.6) is 0 Å². The molecule has 26 heavy (non-hydrogen) atoms. The van der Waals surface area contributed by atoms with E-state index in [1.54, 1.807) is 0 Å². The Balaban J connectivity index is 1.65. The molecule has 3 heterocycles. The molecule has 0 spiro atoms. The number of rotatable bonds is 3. The fraction of sp³-hybridized carbons (Fsp3) is 0.381. The number of nitrogens with one attached hydrogen (secondary N) is 3. The van der Waals surface area contributed by atoms with Gasteiger partial charge in [-0.3, -0.25) is 4.57 Å². The molecule has 3 N–H and O–H groups in total. The Kier molecular flexibility index (Phi) is 4.02. The van der Waals surface area contributed by atoms with E-state index in [0.717, 1.165) is 55.9 Å². The molecule has 2 aromatic carbocycles. The van der Waals surface area contributed by atoms with E-state index < -0.39 is 0 Å². The molecular formula is C21H25N5. The Morgan fingerprint density at radius 2 is 1.88 bits per heavy atom. The quantitative estimate of drug-likeness (QED) is 0.678. The highest BCUT2D eigenvalue weighted by molar-refractivity contribution is 5.84. The van der Waals surface area contributed by atoms with Crippen molar-refractivity contribution in [2.24, 2.45) is 0 Å². The smallest absolute Gasteiger partial charge is 0.208 e. The van der Waals surface area contributed by atoms with Gasteiger partial charge in [-0.15, -0.1) is 0 Å². The van der Waals surface area contributed by atoms with Crippen molar-refractivity contribution >= 4 is 22.7 Å². The van der Waals surface area contributed by atoms with Gasteiger partial charge in [-0.05, 0) is 62.5 Å². The van der Waals surface area contributed by atoms with Crippen molar-refractivity contribution < 1.29 is 0 Å². The van der Waals surface area contributed by atoms with Crippen LogP contribution in [-0.2, 0) is 6.42 Å². The van der Waals surface area contributed by atoms with Crippen LogP contribution >= 0.6 is 0 Å². The van der Waals surface area contributed by atoms with Crippen LogP contribution < -0.4 is 16.0 Å². The van der Waals surface area contributed by atoms with Crippen LogP contribution in [0.4, 0.5) is 11.6 Å². The Morgan fingerprint density at radius 1 is 1.00 bits per heavy atom. The van der Waals surface area contributed by atoms with Gasteiger partial charge >= 0.3 is 0 Å². The van der Waals surface area contributed by atoms with Crippen LogP contribution in [-0.4, -0.2) is 35.2 Å². The molecule has 0 saturated carbocycles. The number of para-hydroxylation sites is 3. The summed E-state index contributed by atoms with van der Waals surface area (Å²) in [4.78, 5) is 4.94. The lowest BCUT2D eigenvalue weighted by molar-refractivity contribution is 0.477. The van der Waals surface area contributed by atoms with Gasteiger partial charge in [0.05, 0.1) is 22.4 Å². The number of fused-ring (bicyclic) bond motifs is 2. The normalized spacial score (nSPS) is 17.7. The highest BCUT2D eigenvalue weighted by atomic mass is 15.2. The topological polar surface area (TPSA) is 53.9 Å². The molecule has 5 nitrogen and oxygen atoms in total. The van der Waals surface area contributed by atoms with E-state index in [4.69, 9.17) is 4.98 Å². The first-order valence-corrected chi connectivity index (χ1v) is 9.71. The average Bonchev–Trinajstić information content (AvgIpc) is 3.06. The van der Waals surface area contributed by atoms with Gasteiger partial charge in [-0.1, -0.05) is 24.3 Å². The second kappa shape index (κ2) is 6.65. The number of benzene rings is 2. The lowest BCUT2D eigenvalue weighted by atomic mass is 10.0. The fourth-order valence-corrected chi connectivity index (χ4v) is 4.19. The number of imidazole rings is 1. The third kappa shape index (κ3) is 2.72. The van der Waals surface area contributed by atoms with Gasteiger partial charge in [0.1, 0.15) is 0 Å². The second-order valence-electron chi connectivity index (χ2n) is 7.27. The van der Waals surface area contributed by atoms with Crippen molar-refractivity contribution in [3.05, 3.63) is 48.0 Å². The van der Waals surface area contributed by atoms with E-state index in [9.17, 15) is 0 Å². The van der Waals surface area contributed by atoms with E-state index in [2.05, 4.69) is 63.0 Å². The highest BCUT2D eigenvalue weighted by Gasteiger charge is 2.21. The predicted octanol–water partition coefficient (Wildman–Crippen LogP) is 3.55. The zero-order valence-electron chi connectivity index (χ0n) is 15.0. The number of hydrogen-bond acceptors (Lipinski definition) is 4. The van der Waals surface area contributed by atoms with Gasteiger partial charge < -0.3 is 16.0 Å². The first kappa shape index (κ1) is 15.7. The number of hydrogen-bond donors (Lipinski definition) is 3. The molecule has 5 heteroatoms. The minimum Gasteiger partial charge on any atom is -0.383 e. The summed E-state index contributed by atoms with van der Waals surface area (Å²) in [7, 11) is 0. The van der Waals surface area contributed by atoms with Crippen LogP contribution in [0.25, 0.3) is 16.7 Å². The van der Waals surface area contributed by atoms with Crippen molar-refractivity contribution in [1.29, 1.82) is 0 Å². The monoisotopic (exact) mass is 347 g/mol. The van der Waals surface area contributed by atoms with Crippen LogP contribution in [0.1, 0.15) is 24.8 Å². The molecule has 0 radical (unpaired) electrons. The van der Waals surface area contributed by atoms with Crippen LogP contribution in [0, 0.1) is 0 Å². The molecule has 0 aliphatic carbocycles. The summed E-state index contributed by atoms with van der Waals surface area (Å²) < 4.78 is 2.30. The minimum absolute atomic E-state index is 0.472.